The predicted molar refractivity (Wildman–Crippen MR) is 54.2 cm³/mol. The molecule has 0 N–H and O–H groups in total. The molecule has 0 saturated carbocycles. The normalized spacial score (nSPS) is 10.9. The lowest BCUT2D eigenvalue weighted by Crippen LogP contribution is -2.36. The first-order valence-electron chi connectivity index (χ1n) is 4.91. The van der Waals surface area contributed by atoms with Crippen molar-refractivity contribution in [3.63, 3.8) is 0 Å². The molecule has 15 heavy (non-hydrogen) atoms. The molecule has 0 spiro atoms. The number of hydrogen-bond donors (Lipinski definition) is 0. The molecule has 0 saturated heterocycles. The van der Waals surface area contributed by atoms with Crippen LogP contribution >= 0.6 is 0 Å². The van der Waals surface area contributed by atoms with Crippen LogP contribution in [0.15, 0.2) is 0 Å². The molecule has 0 heterocycles. The van der Waals surface area contributed by atoms with Crippen molar-refractivity contribution in [3.8, 4) is 0 Å². The number of rotatable bonds is 5. The van der Waals surface area contributed by atoms with E-state index in [-0.39, 0.29) is 6.54 Å². The van der Waals surface area contributed by atoms with Crippen molar-refractivity contribution >= 4 is 12.5 Å². The van der Waals surface area contributed by atoms with Crippen molar-refractivity contribution in [1.82, 2.24) is 4.90 Å². The third-order valence-corrected chi connectivity index (χ3v) is 1.54. The summed E-state index contributed by atoms with van der Waals surface area (Å²) in [6, 6.07) is 0. The van der Waals surface area contributed by atoms with Crippen LogP contribution in [0.2, 0.25) is 0 Å². The van der Waals surface area contributed by atoms with Gasteiger partial charge in [0.1, 0.15) is 5.60 Å². The van der Waals surface area contributed by atoms with Gasteiger partial charge in [-0.15, -0.1) is 0 Å². The SMILES string of the molecule is CC(C)(C)OC(=O)N(C=O)CCCCF. The van der Waals surface area contributed by atoms with Gasteiger partial charge < -0.3 is 4.74 Å². The van der Waals surface area contributed by atoms with Gasteiger partial charge >= 0.3 is 6.09 Å². The molecular formula is C10H18FNO3. The van der Waals surface area contributed by atoms with Crippen molar-refractivity contribution in [2.45, 2.75) is 39.2 Å². The topological polar surface area (TPSA) is 46.6 Å². The quantitative estimate of drug-likeness (QED) is 0.525. The zero-order chi connectivity index (χ0) is 11.9. The van der Waals surface area contributed by atoms with Crippen LogP contribution in [0.4, 0.5) is 9.18 Å². The Balaban J connectivity index is 4.05. The minimum atomic E-state index is -0.684. The predicted octanol–water partition coefficient (Wildman–Crippen LogP) is 2.13. The molecule has 4 nitrogen and oxygen atoms in total. The minimum Gasteiger partial charge on any atom is -0.443 e. The maximum absolute atomic E-state index is 11.8. The van der Waals surface area contributed by atoms with Gasteiger partial charge in [-0.2, -0.15) is 0 Å². The Kier molecular flexibility index (Phi) is 5.89. The lowest BCUT2D eigenvalue weighted by molar-refractivity contribution is -0.117. The molecule has 0 bridgehead atoms. The number of nitrogens with zero attached hydrogens (tertiary/aromatic N) is 1. The molecular weight excluding hydrogens is 201 g/mol. The Morgan fingerprint density at radius 1 is 1.40 bits per heavy atom. The average Bonchev–Trinajstić information content (AvgIpc) is 2.09. The van der Waals surface area contributed by atoms with E-state index in [1.807, 2.05) is 0 Å². The minimum absolute atomic E-state index is 0.197. The second kappa shape index (κ2) is 6.37. The van der Waals surface area contributed by atoms with E-state index >= 15 is 0 Å². The number of hydrogen-bond acceptors (Lipinski definition) is 3. The van der Waals surface area contributed by atoms with Crippen LogP contribution in [0, 0.1) is 0 Å². The van der Waals surface area contributed by atoms with Crippen molar-refractivity contribution < 1.29 is 18.7 Å². The molecule has 0 aromatic carbocycles. The molecule has 88 valence electrons. The lowest BCUT2D eigenvalue weighted by Gasteiger charge is -2.23. The second-order valence-corrected chi connectivity index (χ2v) is 4.18. The first-order valence-corrected chi connectivity index (χ1v) is 4.91. The van der Waals surface area contributed by atoms with E-state index in [1.54, 1.807) is 20.8 Å². The first-order chi connectivity index (χ1) is 6.90. The van der Waals surface area contributed by atoms with Gasteiger partial charge in [-0.05, 0) is 33.6 Å². The fourth-order valence-corrected chi connectivity index (χ4v) is 0.884. The van der Waals surface area contributed by atoms with Gasteiger partial charge in [0, 0.05) is 6.54 Å². The number of alkyl halides is 1. The summed E-state index contributed by atoms with van der Waals surface area (Å²) in [5.74, 6) is 0. The van der Waals surface area contributed by atoms with Crippen LogP contribution < -0.4 is 0 Å². The smallest absolute Gasteiger partial charge is 0.416 e. The van der Waals surface area contributed by atoms with E-state index in [1.165, 1.54) is 0 Å². The molecule has 0 aromatic heterocycles. The zero-order valence-electron chi connectivity index (χ0n) is 9.46. The molecule has 0 fully saturated rings. The van der Waals surface area contributed by atoms with Crippen LogP contribution in [0.1, 0.15) is 33.6 Å². The molecule has 0 aliphatic rings. The van der Waals surface area contributed by atoms with Crippen LogP contribution in [0.5, 0.6) is 0 Å². The number of amides is 2. The summed E-state index contributed by atoms with van der Waals surface area (Å²) in [6.07, 6.45) is 0.518. The Hall–Kier alpha value is -1.13. The van der Waals surface area contributed by atoms with Crippen molar-refractivity contribution in [1.29, 1.82) is 0 Å². The Morgan fingerprint density at radius 3 is 2.40 bits per heavy atom. The highest BCUT2D eigenvalue weighted by Crippen LogP contribution is 2.09. The van der Waals surface area contributed by atoms with Gasteiger partial charge in [-0.1, -0.05) is 0 Å². The molecule has 0 aromatic rings. The summed E-state index contributed by atoms with van der Waals surface area (Å²) >= 11 is 0. The van der Waals surface area contributed by atoms with Crippen LogP contribution in [0.3, 0.4) is 0 Å². The number of imide groups is 1. The molecule has 0 rings (SSSR count). The number of ether oxygens (including phenoxy) is 1. The Morgan fingerprint density at radius 2 is 2.00 bits per heavy atom. The van der Waals surface area contributed by atoms with Crippen molar-refractivity contribution in [2.24, 2.45) is 0 Å². The van der Waals surface area contributed by atoms with Crippen LogP contribution in [-0.2, 0) is 9.53 Å². The highest BCUT2D eigenvalue weighted by atomic mass is 19.1. The molecule has 0 unspecified atom stereocenters. The van der Waals surface area contributed by atoms with Gasteiger partial charge in [0.15, 0.2) is 0 Å². The van der Waals surface area contributed by atoms with Gasteiger partial charge in [0.05, 0.1) is 6.67 Å². The highest BCUT2D eigenvalue weighted by molar-refractivity contribution is 5.80. The third-order valence-electron chi connectivity index (χ3n) is 1.54. The third kappa shape index (κ3) is 6.88. The maximum Gasteiger partial charge on any atom is 0.416 e. The molecule has 0 atom stereocenters. The highest BCUT2D eigenvalue weighted by Gasteiger charge is 2.21. The van der Waals surface area contributed by atoms with Crippen LogP contribution in [-0.4, -0.2) is 36.2 Å². The number of carbonyl (C=O) groups is 2. The summed E-state index contributed by atoms with van der Waals surface area (Å²) in [4.78, 5) is 22.8. The van der Waals surface area contributed by atoms with E-state index in [9.17, 15) is 14.0 Å². The summed E-state index contributed by atoms with van der Waals surface area (Å²) in [6.45, 7) is 4.91. The maximum atomic E-state index is 11.8. The number of carbonyl (C=O) groups excluding carboxylic acids is 2. The fraction of sp³-hybridized carbons (Fsp3) is 0.800. The van der Waals surface area contributed by atoms with E-state index < -0.39 is 18.4 Å². The molecule has 0 radical (unpaired) electrons. The molecule has 5 heteroatoms. The van der Waals surface area contributed by atoms with Gasteiger partial charge in [0.2, 0.25) is 6.41 Å². The summed E-state index contributed by atoms with van der Waals surface area (Å²) in [5.41, 5.74) is -0.627. The van der Waals surface area contributed by atoms with Crippen molar-refractivity contribution in [3.05, 3.63) is 0 Å². The second-order valence-electron chi connectivity index (χ2n) is 4.18. The van der Waals surface area contributed by atoms with E-state index in [2.05, 4.69) is 0 Å². The monoisotopic (exact) mass is 219 g/mol. The van der Waals surface area contributed by atoms with E-state index in [0.717, 1.165) is 4.90 Å². The largest absolute Gasteiger partial charge is 0.443 e. The number of unbranched alkanes of at least 4 members (excludes halogenated alkanes) is 1. The fourth-order valence-electron chi connectivity index (χ4n) is 0.884. The Bertz CT molecular complexity index is 213. The van der Waals surface area contributed by atoms with Crippen molar-refractivity contribution in [2.75, 3.05) is 13.2 Å². The molecule has 2 amide bonds. The molecule has 0 aliphatic heterocycles. The van der Waals surface area contributed by atoms with E-state index in [0.29, 0.717) is 19.3 Å². The first kappa shape index (κ1) is 13.9. The average molecular weight is 219 g/mol. The zero-order valence-corrected chi connectivity index (χ0v) is 9.46. The summed E-state index contributed by atoms with van der Waals surface area (Å²) in [7, 11) is 0. The van der Waals surface area contributed by atoms with Gasteiger partial charge in [0.25, 0.3) is 0 Å². The standard InChI is InChI=1S/C10H18FNO3/c1-10(2,3)15-9(14)12(8-13)7-5-4-6-11/h8H,4-7H2,1-3H3. The summed E-state index contributed by atoms with van der Waals surface area (Å²) in [5, 5.41) is 0. The van der Waals surface area contributed by atoms with Gasteiger partial charge in [-0.3, -0.25) is 14.1 Å². The lowest BCUT2D eigenvalue weighted by atomic mass is 10.2. The summed E-state index contributed by atoms with van der Waals surface area (Å²) < 4.78 is 16.8. The van der Waals surface area contributed by atoms with E-state index in [4.69, 9.17) is 4.74 Å². The Labute approximate surface area is 89.4 Å². The number of halogens is 1. The van der Waals surface area contributed by atoms with Crippen LogP contribution in [0.25, 0.3) is 0 Å². The van der Waals surface area contributed by atoms with Gasteiger partial charge in [-0.25, -0.2) is 4.79 Å². The molecule has 0 aliphatic carbocycles.